The fourth-order valence-electron chi connectivity index (χ4n) is 3.63. The van der Waals surface area contributed by atoms with E-state index in [2.05, 4.69) is 40.0 Å². The minimum absolute atomic E-state index is 0.213. The van der Waals surface area contributed by atoms with Crippen molar-refractivity contribution < 1.29 is 14.3 Å². The summed E-state index contributed by atoms with van der Waals surface area (Å²) in [6.07, 6.45) is 0.583. The Balaban J connectivity index is 1.61. The Kier molecular flexibility index (Phi) is 8.43. The molecule has 8 heteroatoms. The Morgan fingerprint density at radius 3 is 2.44 bits per heavy atom. The van der Waals surface area contributed by atoms with Gasteiger partial charge in [0.1, 0.15) is 5.75 Å². The normalized spacial score (nSPS) is 13.9. The molecule has 1 N–H and O–H groups in total. The molecule has 0 radical (unpaired) electrons. The lowest BCUT2D eigenvalue weighted by molar-refractivity contribution is -0.132. The molecule has 0 atom stereocenters. The molecule has 1 heterocycles. The van der Waals surface area contributed by atoms with Gasteiger partial charge in [-0.1, -0.05) is 25.4 Å². The van der Waals surface area contributed by atoms with E-state index in [1.165, 1.54) is 0 Å². The molecule has 1 aliphatic rings. The van der Waals surface area contributed by atoms with Crippen molar-refractivity contribution in [1.29, 1.82) is 0 Å². The largest absolute Gasteiger partial charge is 0.493 e. The summed E-state index contributed by atoms with van der Waals surface area (Å²) in [6, 6.07) is 10.7. The highest BCUT2D eigenvalue weighted by Gasteiger charge is 2.23. The number of ether oxygens (including phenoxy) is 1. The summed E-state index contributed by atoms with van der Waals surface area (Å²) in [7, 11) is 0. The standard InChI is InChI=1S/C24H29BrClN3O3/c1-4-32-22-8-5-17(14-19(22)25)24(31)27-18-6-7-21(20(26)15-18)28-9-11-29(12-10-28)23(30)13-16(2)3/h5-8,14-16H,4,9-13H2,1-3H3,(H,27,31). The van der Waals surface area contributed by atoms with E-state index in [1.807, 2.05) is 24.0 Å². The summed E-state index contributed by atoms with van der Waals surface area (Å²) in [6.45, 7) is 9.42. The van der Waals surface area contributed by atoms with Gasteiger partial charge in [0.2, 0.25) is 5.91 Å². The molecule has 0 unspecified atom stereocenters. The van der Waals surface area contributed by atoms with Crippen LogP contribution in [0.4, 0.5) is 11.4 Å². The summed E-state index contributed by atoms with van der Waals surface area (Å²) in [4.78, 5) is 29.0. The van der Waals surface area contributed by atoms with E-state index in [0.717, 1.165) is 23.2 Å². The first-order valence-electron chi connectivity index (χ1n) is 10.8. The van der Waals surface area contributed by atoms with Gasteiger partial charge in [-0.15, -0.1) is 0 Å². The van der Waals surface area contributed by atoms with Gasteiger partial charge >= 0.3 is 0 Å². The molecule has 0 bridgehead atoms. The number of carbonyl (C=O) groups excluding carboxylic acids is 2. The lowest BCUT2D eigenvalue weighted by Gasteiger charge is -2.36. The maximum Gasteiger partial charge on any atom is 0.255 e. The molecule has 2 aromatic rings. The van der Waals surface area contributed by atoms with Crippen molar-refractivity contribution >= 4 is 50.7 Å². The molecule has 6 nitrogen and oxygen atoms in total. The number of carbonyl (C=O) groups is 2. The van der Waals surface area contributed by atoms with Crippen molar-refractivity contribution in [1.82, 2.24) is 4.90 Å². The molecule has 0 aliphatic carbocycles. The highest BCUT2D eigenvalue weighted by atomic mass is 79.9. The number of benzene rings is 2. The minimum Gasteiger partial charge on any atom is -0.493 e. The molecule has 1 aliphatic heterocycles. The maximum absolute atomic E-state index is 12.6. The Morgan fingerprint density at radius 1 is 1.12 bits per heavy atom. The molecule has 2 amide bonds. The first-order valence-corrected chi connectivity index (χ1v) is 12.0. The van der Waals surface area contributed by atoms with E-state index < -0.39 is 0 Å². The average Bonchev–Trinajstić information content (AvgIpc) is 2.75. The van der Waals surface area contributed by atoms with E-state index in [4.69, 9.17) is 16.3 Å². The van der Waals surface area contributed by atoms with Gasteiger partial charge in [0.05, 0.1) is 21.8 Å². The minimum atomic E-state index is -0.227. The van der Waals surface area contributed by atoms with Crippen molar-refractivity contribution in [3.8, 4) is 5.75 Å². The van der Waals surface area contributed by atoms with Gasteiger partial charge in [0.25, 0.3) is 5.91 Å². The number of anilines is 2. The number of nitrogens with zero attached hydrogens (tertiary/aromatic N) is 2. The van der Waals surface area contributed by atoms with Crippen LogP contribution in [0.2, 0.25) is 5.02 Å². The summed E-state index contributed by atoms with van der Waals surface area (Å²) < 4.78 is 6.22. The first-order chi connectivity index (χ1) is 15.3. The summed E-state index contributed by atoms with van der Waals surface area (Å²) in [5.41, 5.74) is 2.05. The second-order valence-corrected chi connectivity index (χ2v) is 9.43. The zero-order valence-electron chi connectivity index (χ0n) is 18.7. The predicted octanol–water partition coefficient (Wildman–Crippen LogP) is 5.45. The smallest absolute Gasteiger partial charge is 0.255 e. The second kappa shape index (κ2) is 11.1. The number of piperazine rings is 1. The summed E-state index contributed by atoms with van der Waals surface area (Å²) in [5.74, 6) is 1.04. The quantitative estimate of drug-likeness (QED) is 0.525. The molecule has 0 saturated carbocycles. The molecule has 32 heavy (non-hydrogen) atoms. The molecule has 3 rings (SSSR count). The highest BCUT2D eigenvalue weighted by molar-refractivity contribution is 9.10. The van der Waals surface area contributed by atoms with Crippen LogP contribution in [-0.2, 0) is 4.79 Å². The van der Waals surface area contributed by atoms with Gasteiger partial charge in [-0.3, -0.25) is 9.59 Å². The monoisotopic (exact) mass is 521 g/mol. The number of hydrogen-bond acceptors (Lipinski definition) is 4. The molecule has 1 saturated heterocycles. The molecule has 1 fully saturated rings. The van der Waals surface area contributed by atoms with E-state index >= 15 is 0 Å². The Bertz CT molecular complexity index is 975. The van der Waals surface area contributed by atoms with Crippen LogP contribution >= 0.6 is 27.5 Å². The van der Waals surface area contributed by atoms with Gasteiger partial charge in [-0.2, -0.15) is 0 Å². The number of halogens is 2. The van der Waals surface area contributed by atoms with E-state index in [-0.39, 0.29) is 11.8 Å². The van der Waals surface area contributed by atoms with Crippen LogP contribution in [0.1, 0.15) is 37.6 Å². The molecular weight excluding hydrogens is 494 g/mol. The van der Waals surface area contributed by atoms with Crippen LogP contribution in [0.5, 0.6) is 5.75 Å². The molecule has 172 valence electrons. The summed E-state index contributed by atoms with van der Waals surface area (Å²) in [5, 5.41) is 3.46. The zero-order valence-corrected chi connectivity index (χ0v) is 21.0. The van der Waals surface area contributed by atoms with Gasteiger partial charge in [0, 0.05) is 43.9 Å². The van der Waals surface area contributed by atoms with Crippen molar-refractivity contribution in [3.63, 3.8) is 0 Å². The molecule has 0 aromatic heterocycles. The predicted molar refractivity (Wildman–Crippen MR) is 133 cm³/mol. The number of rotatable bonds is 7. The van der Waals surface area contributed by atoms with Crippen molar-refractivity contribution in [2.45, 2.75) is 27.2 Å². The maximum atomic E-state index is 12.6. The number of amides is 2. The van der Waals surface area contributed by atoms with Crippen LogP contribution < -0.4 is 15.0 Å². The number of hydrogen-bond donors (Lipinski definition) is 1. The molecule has 0 spiro atoms. The van der Waals surface area contributed by atoms with Crippen LogP contribution in [0.25, 0.3) is 0 Å². The van der Waals surface area contributed by atoms with Gasteiger partial charge in [0.15, 0.2) is 0 Å². The van der Waals surface area contributed by atoms with Crippen molar-refractivity contribution in [2.24, 2.45) is 5.92 Å². The lowest BCUT2D eigenvalue weighted by Crippen LogP contribution is -2.49. The van der Waals surface area contributed by atoms with Crippen LogP contribution in [0.3, 0.4) is 0 Å². The van der Waals surface area contributed by atoms with E-state index in [0.29, 0.717) is 54.1 Å². The Morgan fingerprint density at radius 2 is 1.84 bits per heavy atom. The fourth-order valence-corrected chi connectivity index (χ4v) is 4.43. The topological polar surface area (TPSA) is 61.9 Å². The van der Waals surface area contributed by atoms with Gasteiger partial charge in [-0.25, -0.2) is 0 Å². The van der Waals surface area contributed by atoms with Crippen molar-refractivity contribution in [3.05, 3.63) is 51.5 Å². The Hall–Kier alpha value is -2.25. The van der Waals surface area contributed by atoms with Gasteiger partial charge in [-0.05, 0) is 65.2 Å². The lowest BCUT2D eigenvalue weighted by atomic mass is 10.1. The SMILES string of the molecule is CCOc1ccc(C(=O)Nc2ccc(N3CCN(C(=O)CC(C)C)CC3)c(Cl)c2)cc1Br. The van der Waals surface area contributed by atoms with E-state index in [1.54, 1.807) is 24.3 Å². The van der Waals surface area contributed by atoms with Crippen LogP contribution in [0.15, 0.2) is 40.9 Å². The third-order valence-electron chi connectivity index (χ3n) is 5.26. The number of nitrogens with one attached hydrogen (secondary N) is 1. The van der Waals surface area contributed by atoms with E-state index in [9.17, 15) is 9.59 Å². The van der Waals surface area contributed by atoms with Gasteiger partial charge < -0.3 is 19.9 Å². The Labute approximate surface area is 203 Å². The third kappa shape index (κ3) is 6.17. The van der Waals surface area contributed by atoms with Crippen molar-refractivity contribution in [2.75, 3.05) is 43.0 Å². The zero-order chi connectivity index (χ0) is 23.3. The van der Waals surface area contributed by atoms with Crippen LogP contribution in [0, 0.1) is 5.92 Å². The molecular formula is C24H29BrClN3O3. The fraction of sp³-hybridized carbons (Fsp3) is 0.417. The first kappa shape index (κ1) is 24.4. The third-order valence-corrected chi connectivity index (χ3v) is 6.18. The highest BCUT2D eigenvalue weighted by Crippen LogP contribution is 2.31. The van der Waals surface area contributed by atoms with Crippen LogP contribution in [-0.4, -0.2) is 49.5 Å². The summed E-state index contributed by atoms with van der Waals surface area (Å²) >= 11 is 9.98. The molecule has 2 aromatic carbocycles. The average molecular weight is 523 g/mol. The second-order valence-electron chi connectivity index (χ2n) is 8.16.